The number of nitrogens with zero attached hydrogens (tertiary/aromatic N) is 1. The summed E-state index contributed by atoms with van der Waals surface area (Å²) in [7, 11) is -1.71. The Morgan fingerprint density at radius 3 is 2.74 bits per heavy atom. The molecule has 34 heavy (non-hydrogen) atoms. The minimum atomic E-state index is -3.60. The largest absolute Gasteiger partial charge is 0.350 e. The molecule has 0 aromatic heterocycles. The number of nitrogens with one attached hydrogen (secondary N) is 4. The first-order valence-electron chi connectivity index (χ1n) is 12.0. The van der Waals surface area contributed by atoms with Crippen LogP contribution in [0, 0.1) is 0 Å². The Morgan fingerprint density at radius 2 is 2.00 bits per heavy atom. The molecule has 0 bridgehead atoms. The van der Waals surface area contributed by atoms with Gasteiger partial charge in [0.1, 0.15) is 6.04 Å². The molecule has 0 unspecified atom stereocenters. The molecule has 3 rings (SSSR count). The molecule has 2 aliphatic rings. The number of hydrogen-bond acceptors (Lipinski definition) is 6. The van der Waals surface area contributed by atoms with Crippen molar-refractivity contribution >= 4 is 27.5 Å². The Balaban J connectivity index is 1.65. The first-order chi connectivity index (χ1) is 16.2. The maximum Gasteiger partial charge on any atom is 0.254 e. The van der Waals surface area contributed by atoms with E-state index in [-0.39, 0.29) is 36.5 Å². The van der Waals surface area contributed by atoms with Crippen molar-refractivity contribution < 1.29 is 18.0 Å². The number of anilines is 1. The van der Waals surface area contributed by atoms with E-state index < -0.39 is 16.1 Å². The van der Waals surface area contributed by atoms with Crippen molar-refractivity contribution in [2.24, 2.45) is 0 Å². The molecular weight excluding hydrogens is 454 g/mol. The second-order valence-corrected chi connectivity index (χ2v) is 10.8. The molecule has 4 N–H and O–H groups in total. The van der Waals surface area contributed by atoms with E-state index in [1.807, 2.05) is 18.0 Å². The lowest BCUT2D eigenvalue weighted by atomic mass is 9.98. The normalized spacial score (nSPS) is 24.0. The maximum absolute atomic E-state index is 13.5. The zero-order chi connectivity index (χ0) is 24.7. The van der Waals surface area contributed by atoms with E-state index in [9.17, 15) is 18.0 Å². The van der Waals surface area contributed by atoms with Crippen molar-refractivity contribution in [2.75, 3.05) is 18.3 Å². The Morgan fingerprint density at radius 1 is 1.24 bits per heavy atom. The van der Waals surface area contributed by atoms with Crippen LogP contribution in [0.25, 0.3) is 0 Å². The zero-order valence-corrected chi connectivity index (χ0v) is 20.9. The molecule has 10 heteroatoms. The van der Waals surface area contributed by atoms with Crippen LogP contribution >= 0.6 is 0 Å². The fraction of sp³-hybridized carbons (Fsp3) is 0.583. The van der Waals surface area contributed by atoms with Crippen LogP contribution in [0.5, 0.6) is 0 Å². The van der Waals surface area contributed by atoms with E-state index in [4.69, 9.17) is 0 Å². The fourth-order valence-corrected chi connectivity index (χ4v) is 5.20. The van der Waals surface area contributed by atoms with Gasteiger partial charge in [-0.2, -0.15) is 0 Å². The Hall–Kier alpha value is -2.43. The predicted molar refractivity (Wildman–Crippen MR) is 133 cm³/mol. The number of sulfonamides is 1. The number of fused-ring (bicyclic) bond motifs is 1. The van der Waals surface area contributed by atoms with Gasteiger partial charge in [0.05, 0.1) is 6.04 Å². The summed E-state index contributed by atoms with van der Waals surface area (Å²) in [6.45, 7) is 6.28. The molecule has 2 aliphatic heterocycles. The average Bonchev–Trinajstić information content (AvgIpc) is 3.23. The van der Waals surface area contributed by atoms with Crippen LogP contribution < -0.4 is 20.7 Å². The van der Waals surface area contributed by atoms with Crippen molar-refractivity contribution in [2.45, 2.75) is 76.2 Å². The molecule has 2 heterocycles. The van der Waals surface area contributed by atoms with E-state index in [1.54, 1.807) is 18.2 Å². The predicted octanol–water partition coefficient (Wildman–Crippen LogP) is 1.69. The minimum absolute atomic E-state index is 0.0199. The lowest BCUT2D eigenvalue weighted by molar-refractivity contribution is -0.143. The highest BCUT2D eigenvalue weighted by molar-refractivity contribution is 7.95. The van der Waals surface area contributed by atoms with Crippen LogP contribution in [0.2, 0.25) is 0 Å². The van der Waals surface area contributed by atoms with E-state index in [1.165, 1.54) is 0 Å². The van der Waals surface area contributed by atoms with Crippen LogP contribution in [0.15, 0.2) is 36.3 Å². The standard InChI is InChI=1S/C24H37N5O4S/c1-4-34(32,33)28-19-9-7-8-18(14-19)16-27-23(30)22-13-12-20-10-5-6-11-21(24(31)29(20)22)26-15-17(2)25-3/h4,7-9,14,17,20-22,25-26,28H,1,5-6,10-13,15-16H2,2-3H3,(H,27,30)/t17-,20-,21-,22-/m0/s1. The second-order valence-electron chi connectivity index (χ2n) is 9.16. The molecular formula is C24H37N5O4S. The summed E-state index contributed by atoms with van der Waals surface area (Å²) in [5, 5.41) is 10.4. The highest BCUT2D eigenvalue weighted by Gasteiger charge is 2.43. The topological polar surface area (TPSA) is 120 Å². The van der Waals surface area contributed by atoms with Gasteiger partial charge in [-0.05, 0) is 57.4 Å². The van der Waals surface area contributed by atoms with Crippen molar-refractivity contribution in [3.05, 3.63) is 41.8 Å². The van der Waals surface area contributed by atoms with Gasteiger partial charge in [-0.25, -0.2) is 8.42 Å². The molecule has 2 amide bonds. The molecule has 2 fully saturated rings. The monoisotopic (exact) mass is 491 g/mol. The smallest absolute Gasteiger partial charge is 0.254 e. The lowest BCUT2D eigenvalue weighted by Crippen LogP contribution is -2.56. The second kappa shape index (κ2) is 11.8. The first kappa shape index (κ1) is 26.2. The van der Waals surface area contributed by atoms with Gasteiger partial charge in [-0.15, -0.1) is 0 Å². The van der Waals surface area contributed by atoms with Crippen LogP contribution in [0.3, 0.4) is 0 Å². The minimum Gasteiger partial charge on any atom is -0.350 e. The number of amides is 2. The average molecular weight is 492 g/mol. The van der Waals surface area contributed by atoms with Crippen molar-refractivity contribution in [3.8, 4) is 0 Å². The summed E-state index contributed by atoms with van der Waals surface area (Å²) >= 11 is 0. The molecule has 188 valence electrons. The van der Waals surface area contributed by atoms with E-state index in [2.05, 4.69) is 34.2 Å². The number of rotatable bonds is 10. The first-order valence-corrected chi connectivity index (χ1v) is 13.5. The molecule has 9 nitrogen and oxygen atoms in total. The summed E-state index contributed by atoms with van der Waals surface area (Å²) in [6.07, 6.45) is 5.25. The number of carbonyl (C=O) groups is 2. The van der Waals surface area contributed by atoms with Crippen molar-refractivity contribution in [1.82, 2.24) is 20.9 Å². The third-order valence-electron chi connectivity index (χ3n) is 6.67. The van der Waals surface area contributed by atoms with Gasteiger partial charge in [0.25, 0.3) is 10.0 Å². The third-order valence-corrected chi connectivity index (χ3v) is 7.63. The molecule has 4 atom stereocenters. The summed E-state index contributed by atoms with van der Waals surface area (Å²) in [5.41, 5.74) is 1.16. The van der Waals surface area contributed by atoms with Gasteiger partial charge in [0.2, 0.25) is 11.8 Å². The fourth-order valence-electron chi connectivity index (χ4n) is 4.66. The lowest BCUT2D eigenvalue weighted by Gasteiger charge is -2.35. The van der Waals surface area contributed by atoms with Crippen LogP contribution in [0.4, 0.5) is 5.69 Å². The van der Waals surface area contributed by atoms with Gasteiger partial charge in [-0.3, -0.25) is 14.3 Å². The molecule has 0 spiro atoms. The molecule has 2 saturated heterocycles. The van der Waals surface area contributed by atoms with Gasteiger partial charge in [0, 0.05) is 36.3 Å². The highest BCUT2D eigenvalue weighted by Crippen LogP contribution is 2.31. The number of likely N-dealkylation sites (N-methyl/N-ethyl adjacent to an activating group) is 1. The van der Waals surface area contributed by atoms with Gasteiger partial charge < -0.3 is 20.9 Å². The summed E-state index contributed by atoms with van der Waals surface area (Å²) in [5.74, 6) is -0.151. The van der Waals surface area contributed by atoms with Gasteiger partial charge in [0.15, 0.2) is 0 Å². The van der Waals surface area contributed by atoms with E-state index in [0.29, 0.717) is 18.7 Å². The van der Waals surface area contributed by atoms with Crippen LogP contribution in [-0.4, -0.2) is 62.9 Å². The Bertz CT molecular complexity index is 983. The maximum atomic E-state index is 13.5. The summed E-state index contributed by atoms with van der Waals surface area (Å²) in [6, 6.07) is 6.43. The zero-order valence-electron chi connectivity index (χ0n) is 20.0. The van der Waals surface area contributed by atoms with Gasteiger partial charge >= 0.3 is 0 Å². The Labute approximate surface area is 202 Å². The van der Waals surface area contributed by atoms with Crippen LogP contribution in [-0.2, 0) is 26.2 Å². The van der Waals surface area contributed by atoms with Crippen molar-refractivity contribution in [1.29, 1.82) is 0 Å². The number of hydrogen-bond donors (Lipinski definition) is 4. The molecule has 0 radical (unpaired) electrons. The number of benzene rings is 1. The van der Waals surface area contributed by atoms with E-state index >= 15 is 0 Å². The van der Waals surface area contributed by atoms with Crippen molar-refractivity contribution in [3.63, 3.8) is 0 Å². The molecule has 0 aliphatic carbocycles. The summed E-state index contributed by atoms with van der Waals surface area (Å²) in [4.78, 5) is 28.4. The Kier molecular flexibility index (Phi) is 9.10. The third kappa shape index (κ3) is 6.80. The molecule has 0 saturated carbocycles. The van der Waals surface area contributed by atoms with Gasteiger partial charge in [-0.1, -0.05) is 31.6 Å². The highest BCUT2D eigenvalue weighted by atomic mass is 32.2. The van der Waals surface area contributed by atoms with Crippen LogP contribution in [0.1, 0.15) is 51.0 Å². The molecule has 1 aromatic rings. The summed E-state index contributed by atoms with van der Waals surface area (Å²) < 4.78 is 25.9. The van der Waals surface area contributed by atoms with E-state index in [0.717, 1.165) is 43.1 Å². The SMILES string of the molecule is C=CS(=O)(=O)Nc1cccc(CNC(=O)[C@@H]2CC[C@@H]3CCCC[C@H](NC[C@H](C)NC)C(=O)N32)c1. The number of carbonyl (C=O) groups excluding carboxylic acids is 2. The quantitative estimate of drug-likeness (QED) is 0.395. The molecule has 1 aromatic carbocycles.